The normalized spacial score (nSPS) is 15.3. The SMILES string of the molecule is COc1cc(SC)ccc1-c1cc2cc3c(cc2[nH]1)NC(=O)C3(C)C. The van der Waals surface area contributed by atoms with Crippen molar-refractivity contribution in [3.8, 4) is 17.0 Å². The van der Waals surface area contributed by atoms with Gasteiger partial charge in [0, 0.05) is 27.0 Å². The fourth-order valence-corrected chi connectivity index (χ4v) is 3.80. The summed E-state index contributed by atoms with van der Waals surface area (Å²) < 4.78 is 5.57. The molecule has 0 radical (unpaired) electrons. The second kappa shape index (κ2) is 5.56. The van der Waals surface area contributed by atoms with E-state index in [1.807, 2.05) is 19.9 Å². The van der Waals surface area contributed by atoms with Crippen molar-refractivity contribution in [3.63, 3.8) is 0 Å². The summed E-state index contributed by atoms with van der Waals surface area (Å²) in [6.07, 6.45) is 2.05. The molecule has 1 aliphatic heterocycles. The van der Waals surface area contributed by atoms with Gasteiger partial charge in [0.25, 0.3) is 0 Å². The van der Waals surface area contributed by atoms with Crippen molar-refractivity contribution in [1.29, 1.82) is 0 Å². The van der Waals surface area contributed by atoms with Crippen LogP contribution in [0, 0.1) is 0 Å². The van der Waals surface area contributed by atoms with Gasteiger partial charge in [-0.3, -0.25) is 4.79 Å². The highest BCUT2D eigenvalue weighted by molar-refractivity contribution is 7.98. The van der Waals surface area contributed by atoms with Gasteiger partial charge in [-0.25, -0.2) is 0 Å². The zero-order valence-electron chi connectivity index (χ0n) is 14.7. The number of benzene rings is 2. The Labute approximate surface area is 151 Å². The summed E-state index contributed by atoms with van der Waals surface area (Å²) in [5.74, 6) is 0.893. The number of ether oxygens (including phenoxy) is 1. The lowest BCUT2D eigenvalue weighted by atomic mass is 9.86. The molecule has 0 spiro atoms. The molecule has 0 unspecified atom stereocenters. The van der Waals surface area contributed by atoms with Crippen LogP contribution >= 0.6 is 11.8 Å². The Morgan fingerprint density at radius 1 is 1.12 bits per heavy atom. The van der Waals surface area contributed by atoms with E-state index in [4.69, 9.17) is 4.74 Å². The zero-order valence-corrected chi connectivity index (χ0v) is 15.5. The Kier molecular flexibility index (Phi) is 3.58. The molecule has 2 N–H and O–H groups in total. The van der Waals surface area contributed by atoms with Gasteiger partial charge < -0.3 is 15.0 Å². The molecule has 25 heavy (non-hydrogen) atoms. The second-order valence-corrected chi connectivity index (χ2v) is 7.69. The van der Waals surface area contributed by atoms with Crippen LogP contribution < -0.4 is 10.1 Å². The summed E-state index contributed by atoms with van der Waals surface area (Å²) >= 11 is 1.69. The number of aromatic nitrogens is 1. The lowest BCUT2D eigenvalue weighted by molar-refractivity contribution is -0.119. The van der Waals surface area contributed by atoms with E-state index in [-0.39, 0.29) is 5.91 Å². The molecule has 128 valence electrons. The van der Waals surface area contributed by atoms with Crippen molar-refractivity contribution in [1.82, 2.24) is 4.98 Å². The van der Waals surface area contributed by atoms with Gasteiger partial charge in [0.15, 0.2) is 0 Å². The van der Waals surface area contributed by atoms with Crippen molar-refractivity contribution < 1.29 is 9.53 Å². The predicted octanol–water partition coefficient (Wildman–Crippen LogP) is 4.80. The van der Waals surface area contributed by atoms with E-state index in [2.05, 4.69) is 46.9 Å². The molecule has 0 bridgehead atoms. The van der Waals surface area contributed by atoms with Crippen LogP contribution in [0.3, 0.4) is 0 Å². The van der Waals surface area contributed by atoms with Gasteiger partial charge in [-0.15, -0.1) is 11.8 Å². The number of rotatable bonds is 3. The third-order valence-corrected chi connectivity index (χ3v) is 5.67. The number of thioether (sulfide) groups is 1. The molecule has 3 aromatic rings. The fraction of sp³-hybridized carbons (Fsp3) is 0.250. The summed E-state index contributed by atoms with van der Waals surface area (Å²) in [7, 11) is 1.69. The first kappa shape index (κ1) is 16.1. The van der Waals surface area contributed by atoms with E-state index in [0.29, 0.717) is 0 Å². The first-order chi connectivity index (χ1) is 11.9. The van der Waals surface area contributed by atoms with Crippen LogP contribution in [0.5, 0.6) is 5.75 Å². The molecular formula is C20H20N2O2S. The maximum atomic E-state index is 12.1. The molecule has 1 amide bonds. The Balaban J connectivity index is 1.85. The first-order valence-corrected chi connectivity index (χ1v) is 9.37. The lowest BCUT2D eigenvalue weighted by Crippen LogP contribution is -2.26. The highest BCUT2D eigenvalue weighted by atomic mass is 32.2. The number of amides is 1. The van der Waals surface area contributed by atoms with Crippen LogP contribution in [0.2, 0.25) is 0 Å². The van der Waals surface area contributed by atoms with Crippen LogP contribution in [-0.2, 0) is 10.2 Å². The minimum Gasteiger partial charge on any atom is -0.496 e. The molecule has 0 fully saturated rings. The highest BCUT2D eigenvalue weighted by Crippen LogP contribution is 2.41. The van der Waals surface area contributed by atoms with Crippen molar-refractivity contribution in [3.05, 3.63) is 42.0 Å². The molecule has 4 nitrogen and oxygen atoms in total. The molecule has 5 heteroatoms. The second-order valence-electron chi connectivity index (χ2n) is 6.81. The molecule has 1 aromatic heterocycles. The number of fused-ring (bicyclic) bond motifs is 2. The molecule has 0 atom stereocenters. The van der Waals surface area contributed by atoms with Crippen molar-refractivity contribution >= 4 is 34.3 Å². The van der Waals surface area contributed by atoms with Crippen LogP contribution in [0.15, 0.2) is 41.3 Å². The maximum absolute atomic E-state index is 12.1. The molecule has 2 aromatic carbocycles. The van der Waals surface area contributed by atoms with E-state index < -0.39 is 5.41 Å². The van der Waals surface area contributed by atoms with Crippen molar-refractivity contribution in [2.24, 2.45) is 0 Å². The number of nitrogens with one attached hydrogen (secondary N) is 2. The minimum absolute atomic E-state index is 0.0460. The van der Waals surface area contributed by atoms with Crippen LogP contribution in [0.4, 0.5) is 5.69 Å². The Morgan fingerprint density at radius 2 is 1.92 bits per heavy atom. The number of hydrogen-bond donors (Lipinski definition) is 2. The van der Waals surface area contributed by atoms with E-state index in [9.17, 15) is 4.79 Å². The molecule has 1 aliphatic rings. The van der Waals surface area contributed by atoms with E-state index in [1.165, 1.54) is 4.90 Å². The average Bonchev–Trinajstić information content (AvgIpc) is 3.11. The standard InChI is InChI=1S/C20H20N2O2S/c1-20(2)14-7-11-8-16(21-15(11)10-17(14)22-19(20)23)13-6-5-12(25-4)9-18(13)24-3/h5-10,21H,1-4H3,(H,22,23). The van der Waals surface area contributed by atoms with Gasteiger partial charge in [-0.1, -0.05) is 0 Å². The summed E-state index contributed by atoms with van der Waals surface area (Å²) in [5.41, 5.74) is 4.47. The Bertz CT molecular complexity index is 1000. The first-order valence-electron chi connectivity index (χ1n) is 8.15. The molecule has 0 saturated heterocycles. The van der Waals surface area contributed by atoms with Gasteiger partial charge in [0.1, 0.15) is 5.75 Å². The fourth-order valence-electron chi connectivity index (χ4n) is 3.37. The topological polar surface area (TPSA) is 54.1 Å². The molecule has 4 rings (SSSR count). The Hall–Kier alpha value is -2.40. The summed E-state index contributed by atoms with van der Waals surface area (Å²) in [6, 6.07) is 12.5. The monoisotopic (exact) mass is 352 g/mol. The number of aromatic amines is 1. The third-order valence-electron chi connectivity index (χ3n) is 4.95. The van der Waals surface area contributed by atoms with Crippen LogP contribution in [-0.4, -0.2) is 24.3 Å². The Morgan fingerprint density at radius 3 is 2.64 bits per heavy atom. The summed E-state index contributed by atoms with van der Waals surface area (Å²) in [4.78, 5) is 16.8. The number of H-pyrrole nitrogens is 1. The summed E-state index contributed by atoms with van der Waals surface area (Å²) in [5, 5.41) is 4.07. The smallest absolute Gasteiger partial charge is 0.234 e. The summed E-state index contributed by atoms with van der Waals surface area (Å²) in [6.45, 7) is 3.91. The molecular weight excluding hydrogens is 332 g/mol. The lowest BCUT2D eigenvalue weighted by Gasteiger charge is -2.14. The van der Waals surface area contributed by atoms with Gasteiger partial charge in [-0.2, -0.15) is 0 Å². The maximum Gasteiger partial charge on any atom is 0.234 e. The average molecular weight is 352 g/mol. The van der Waals surface area contributed by atoms with Crippen molar-refractivity contribution in [2.45, 2.75) is 24.2 Å². The van der Waals surface area contributed by atoms with E-state index in [0.717, 1.165) is 39.2 Å². The number of anilines is 1. The molecule has 0 aliphatic carbocycles. The van der Waals surface area contributed by atoms with Crippen molar-refractivity contribution in [2.75, 3.05) is 18.7 Å². The third kappa shape index (κ3) is 2.42. The van der Waals surface area contributed by atoms with Gasteiger partial charge >= 0.3 is 0 Å². The van der Waals surface area contributed by atoms with Crippen LogP contribution in [0.25, 0.3) is 22.2 Å². The quantitative estimate of drug-likeness (QED) is 0.666. The highest BCUT2D eigenvalue weighted by Gasteiger charge is 2.38. The van der Waals surface area contributed by atoms with E-state index in [1.54, 1.807) is 18.9 Å². The number of methoxy groups -OCH3 is 1. The minimum atomic E-state index is -0.501. The van der Waals surface area contributed by atoms with Gasteiger partial charge in [-0.05, 0) is 62.1 Å². The number of carbonyl (C=O) groups is 1. The number of hydrogen-bond acceptors (Lipinski definition) is 3. The largest absolute Gasteiger partial charge is 0.496 e. The predicted molar refractivity (Wildman–Crippen MR) is 104 cm³/mol. The van der Waals surface area contributed by atoms with E-state index >= 15 is 0 Å². The zero-order chi connectivity index (χ0) is 17.8. The van der Waals surface area contributed by atoms with Crippen LogP contribution in [0.1, 0.15) is 19.4 Å². The molecule has 0 saturated carbocycles. The van der Waals surface area contributed by atoms with Gasteiger partial charge in [0.05, 0.1) is 18.2 Å². The molecule has 2 heterocycles. The van der Waals surface area contributed by atoms with Gasteiger partial charge in [0.2, 0.25) is 5.91 Å². The number of carbonyl (C=O) groups excluding carboxylic acids is 1.